The van der Waals surface area contributed by atoms with Crippen LogP contribution in [-0.2, 0) is 41.5 Å². The van der Waals surface area contributed by atoms with E-state index in [0.29, 0.717) is 0 Å². The second kappa shape index (κ2) is 11.8. The summed E-state index contributed by atoms with van der Waals surface area (Å²) in [5.41, 5.74) is 0. The molecule has 0 aliphatic heterocycles. The van der Waals surface area contributed by atoms with Gasteiger partial charge in [0.25, 0.3) is 10.1 Å². The van der Waals surface area contributed by atoms with Crippen LogP contribution in [0.1, 0.15) is 40.5 Å². The Hall–Kier alpha value is 0.210. The summed E-state index contributed by atoms with van der Waals surface area (Å²) < 4.78 is 74.3. The molecule has 0 unspecified atom stereocenters. The maximum atomic E-state index is 13.2. The van der Waals surface area contributed by atoms with E-state index in [4.69, 9.17) is 18.1 Å². The van der Waals surface area contributed by atoms with E-state index >= 15 is 0 Å². The summed E-state index contributed by atoms with van der Waals surface area (Å²) in [6.07, 6.45) is 1.12. The van der Waals surface area contributed by atoms with Gasteiger partial charge < -0.3 is 18.1 Å². The molecule has 0 atom stereocenters. The van der Waals surface area contributed by atoms with Crippen molar-refractivity contribution in [1.82, 2.24) is 0 Å². The molecular weight excluding hydrogens is 394 g/mol. The lowest BCUT2D eigenvalue weighted by Gasteiger charge is -2.31. The molecule has 0 aromatic heterocycles. The predicted molar refractivity (Wildman–Crippen MR) is 95.5 cm³/mol. The molecule has 0 spiro atoms. The second-order valence-electron chi connectivity index (χ2n) is 4.90. The van der Waals surface area contributed by atoms with Crippen LogP contribution in [0.15, 0.2) is 0 Å². The van der Waals surface area contributed by atoms with Gasteiger partial charge in [-0.2, -0.15) is 8.42 Å². The first kappa shape index (κ1) is 25.2. The predicted octanol–water partition coefficient (Wildman–Crippen LogP) is 3.60. The van der Waals surface area contributed by atoms with Gasteiger partial charge in [0.15, 0.2) is 5.40 Å². The maximum absolute atomic E-state index is 13.2. The summed E-state index contributed by atoms with van der Waals surface area (Å²) in [6, 6.07) is 0. The molecule has 152 valence electrons. The van der Waals surface area contributed by atoms with Crippen molar-refractivity contribution < 1.29 is 39.8 Å². The molecule has 0 heterocycles. The lowest BCUT2D eigenvalue weighted by molar-refractivity contribution is 0.192. The SMILES string of the molecule is CCOP(=O)(OCC)C(CCCOS(C)(=O)=O)P(=O)(OCC)OCC. The van der Waals surface area contributed by atoms with Crippen LogP contribution in [0.2, 0.25) is 0 Å². The normalized spacial score (nSPS) is 13.5. The quantitative estimate of drug-likeness (QED) is 0.221. The van der Waals surface area contributed by atoms with Gasteiger partial charge in [-0.05, 0) is 40.5 Å². The van der Waals surface area contributed by atoms with Crippen LogP contribution in [-0.4, -0.2) is 53.1 Å². The molecule has 12 heteroatoms. The highest BCUT2D eigenvalue weighted by atomic mass is 32.2. The van der Waals surface area contributed by atoms with Gasteiger partial charge in [-0.1, -0.05) is 0 Å². The van der Waals surface area contributed by atoms with Crippen LogP contribution in [0.3, 0.4) is 0 Å². The van der Waals surface area contributed by atoms with Gasteiger partial charge in [-0.25, -0.2) is 0 Å². The van der Waals surface area contributed by atoms with E-state index in [1.165, 1.54) is 0 Å². The Morgan fingerprint density at radius 3 is 1.44 bits per heavy atom. The van der Waals surface area contributed by atoms with Crippen LogP contribution in [0.25, 0.3) is 0 Å². The second-order valence-corrected chi connectivity index (χ2v) is 11.4. The molecule has 9 nitrogen and oxygen atoms in total. The summed E-state index contributed by atoms with van der Waals surface area (Å²) >= 11 is 0. The van der Waals surface area contributed by atoms with Crippen molar-refractivity contribution in [3.05, 3.63) is 0 Å². The van der Waals surface area contributed by atoms with Crippen LogP contribution in [0.5, 0.6) is 0 Å². The van der Waals surface area contributed by atoms with Crippen molar-refractivity contribution in [3.8, 4) is 0 Å². The highest BCUT2D eigenvalue weighted by Crippen LogP contribution is 2.71. The first-order valence-electron chi connectivity index (χ1n) is 8.20. The molecule has 0 aliphatic rings. The van der Waals surface area contributed by atoms with Gasteiger partial charge >= 0.3 is 15.2 Å². The minimum absolute atomic E-state index is 0.0318. The zero-order valence-corrected chi connectivity index (χ0v) is 18.1. The smallest absolute Gasteiger partial charge is 0.308 e. The van der Waals surface area contributed by atoms with Crippen molar-refractivity contribution in [2.24, 2.45) is 0 Å². The van der Waals surface area contributed by atoms with E-state index in [1.807, 2.05) is 0 Å². The largest absolute Gasteiger partial charge is 0.345 e. The third kappa shape index (κ3) is 9.11. The molecule has 0 aromatic rings. The summed E-state index contributed by atoms with van der Waals surface area (Å²) in [7, 11) is -11.2. The molecule has 25 heavy (non-hydrogen) atoms. The van der Waals surface area contributed by atoms with Crippen molar-refractivity contribution in [2.45, 2.75) is 45.9 Å². The first-order valence-corrected chi connectivity index (χ1v) is 13.2. The van der Waals surface area contributed by atoms with Gasteiger partial charge in [0, 0.05) is 0 Å². The molecular formula is C13H30O9P2S. The Morgan fingerprint density at radius 1 is 0.800 bits per heavy atom. The molecule has 0 N–H and O–H groups in total. The number of hydrogen-bond acceptors (Lipinski definition) is 9. The summed E-state index contributed by atoms with van der Waals surface area (Å²) in [5, 5.41) is -1.16. The minimum atomic E-state index is -3.81. The van der Waals surface area contributed by atoms with Crippen molar-refractivity contribution in [1.29, 1.82) is 0 Å². The zero-order valence-electron chi connectivity index (χ0n) is 15.5. The lowest BCUT2D eigenvalue weighted by Crippen LogP contribution is -2.19. The van der Waals surface area contributed by atoms with Crippen molar-refractivity contribution in [2.75, 3.05) is 39.3 Å². The van der Waals surface area contributed by atoms with Crippen LogP contribution >= 0.6 is 15.2 Å². The monoisotopic (exact) mass is 424 g/mol. The number of hydrogen-bond donors (Lipinski definition) is 0. The molecule has 0 saturated heterocycles. The first-order chi connectivity index (χ1) is 11.6. The molecule has 0 saturated carbocycles. The fourth-order valence-electron chi connectivity index (χ4n) is 2.10. The average Bonchev–Trinajstić information content (AvgIpc) is 2.46. The molecule has 0 fully saturated rings. The summed E-state index contributed by atoms with van der Waals surface area (Å²) in [5.74, 6) is 0. The highest BCUT2D eigenvalue weighted by molar-refractivity contribution is 7.86. The van der Waals surface area contributed by atoms with Crippen molar-refractivity contribution >= 4 is 25.3 Å². The van der Waals surface area contributed by atoms with Gasteiger partial charge in [0.05, 0.1) is 39.3 Å². The fourth-order valence-corrected chi connectivity index (χ4v) is 7.98. The van der Waals surface area contributed by atoms with Gasteiger partial charge in [-0.15, -0.1) is 0 Å². The Morgan fingerprint density at radius 2 is 1.16 bits per heavy atom. The zero-order chi connectivity index (χ0) is 19.6. The van der Waals surface area contributed by atoms with E-state index < -0.39 is 30.7 Å². The molecule has 0 aromatic carbocycles. The van der Waals surface area contributed by atoms with E-state index in [2.05, 4.69) is 4.18 Å². The van der Waals surface area contributed by atoms with E-state index in [9.17, 15) is 17.5 Å². The molecule has 0 radical (unpaired) electrons. The summed E-state index contributed by atoms with van der Waals surface area (Å²) in [4.78, 5) is 0. The van der Waals surface area contributed by atoms with Crippen LogP contribution < -0.4 is 0 Å². The van der Waals surface area contributed by atoms with Gasteiger partial charge in [0.2, 0.25) is 0 Å². The summed E-state index contributed by atoms with van der Waals surface area (Å²) in [6.45, 7) is 6.77. The fraction of sp³-hybridized carbons (Fsp3) is 1.00. The molecule has 0 bridgehead atoms. The topological polar surface area (TPSA) is 114 Å². The van der Waals surface area contributed by atoms with E-state index in [-0.39, 0.29) is 45.9 Å². The Bertz CT molecular complexity index is 514. The third-order valence-electron chi connectivity index (χ3n) is 2.87. The maximum Gasteiger partial charge on any atom is 0.345 e. The Kier molecular flexibility index (Phi) is 11.9. The lowest BCUT2D eigenvalue weighted by atomic mass is 10.4. The number of rotatable bonds is 15. The standard InChI is InChI=1S/C13H30O9P2S/c1-6-18-23(14,19-7-2)13(11-10-12-22-25(5,16)17)24(15,20-8-3)21-9-4/h13H,6-12H2,1-5H3. The van der Waals surface area contributed by atoms with Crippen LogP contribution in [0.4, 0.5) is 0 Å². The van der Waals surface area contributed by atoms with Crippen molar-refractivity contribution in [3.63, 3.8) is 0 Å². The highest BCUT2D eigenvalue weighted by Gasteiger charge is 2.50. The molecule has 0 aliphatic carbocycles. The van der Waals surface area contributed by atoms with E-state index in [0.717, 1.165) is 6.26 Å². The minimum Gasteiger partial charge on any atom is -0.308 e. The Balaban J connectivity index is 5.53. The average molecular weight is 424 g/mol. The Labute approximate surface area is 150 Å². The molecule has 0 rings (SSSR count). The van der Waals surface area contributed by atoms with Gasteiger partial charge in [0.1, 0.15) is 0 Å². The van der Waals surface area contributed by atoms with E-state index in [1.54, 1.807) is 27.7 Å². The molecule has 0 amide bonds. The van der Waals surface area contributed by atoms with Crippen LogP contribution in [0, 0.1) is 0 Å². The third-order valence-corrected chi connectivity index (χ3v) is 9.61. The van der Waals surface area contributed by atoms with Gasteiger partial charge in [-0.3, -0.25) is 13.3 Å².